The molecule has 3 nitrogen and oxygen atoms in total. The Morgan fingerprint density at radius 3 is 1.36 bits per heavy atom. The summed E-state index contributed by atoms with van der Waals surface area (Å²) in [4.78, 5) is 14.4. The number of benzene rings is 4. The molecule has 0 aliphatic rings. The van der Waals surface area contributed by atoms with Gasteiger partial charge in [-0.15, -0.1) is 59.7 Å². The van der Waals surface area contributed by atoms with Gasteiger partial charge in [0.05, 0.1) is 5.69 Å². The SMILES string of the molecule is Cc1c(C)c(-c2ncccc2-c2c[c-]c(-c3cc(C(C)(C)C)ccn3)cc2)c(C)c(C)c1-c1ccccc1-c1c[c-]c(-c2cc(C(C)(C)C)ccn2)cc1.[Ir].[Ir]. The van der Waals surface area contributed by atoms with Crippen molar-refractivity contribution in [2.75, 3.05) is 0 Å². The topological polar surface area (TPSA) is 38.7 Å². The van der Waals surface area contributed by atoms with Gasteiger partial charge in [0.25, 0.3) is 0 Å². The molecule has 0 saturated heterocycles. The van der Waals surface area contributed by atoms with Gasteiger partial charge in [-0.05, 0) is 118 Å². The first-order valence-electron chi connectivity index (χ1n) is 18.9. The molecule has 7 rings (SSSR count). The fraction of sp³-hybridized carbons (Fsp3) is 0.235. The molecule has 288 valence electrons. The maximum Gasteiger partial charge on any atom is 0.0693 e. The molecule has 0 unspecified atom stereocenters. The summed E-state index contributed by atoms with van der Waals surface area (Å²) in [5.41, 5.74) is 20.6. The van der Waals surface area contributed by atoms with Crippen LogP contribution in [0.15, 0.2) is 116 Å². The van der Waals surface area contributed by atoms with Crippen molar-refractivity contribution >= 4 is 0 Å². The summed E-state index contributed by atoms with van der Waals surface area (Å²) in [6.45, 7) is 22.4. The Labute approximate surface area is 361 Å². The smallest absolute Gasteiger partial charge is 0.0693 e. The zero-order chi connectivity index (χ0) is 38.4. The van der Waals surface area contributed by atoms with Crippen LogP contribution in [-0.2, 0) is 51.0 Å². The van der Waals surface area contributed by atoms with E-state index in [1.165, 1.54) is 55.6 Å². The van der Waals surface area contributed by atoms with Crippen LogP contribution in [0.4, 0.5) is 0 Å². The number of hydrogen-bond donors (Lipinski definition) is 0. The Hall–Kier alpha value is -4.37. The molecule has 0 saturated carbocycles. The van der Waals surface area contributed by atoms with E-state index in [2.05, 4.69) is 182 Å². The maximum atomic E-state index is 5.03. The van der Waals surface area contributed by atoms with Crippen LogP contribution in [0.25, 0.3) is 67.2 Å². The third-order valence-electron chi connectivity index (χ3n) is 10.9. The van der Waals surface area contributed by atoms with Crippen molar-refractivity contribution in [3.8, 4) is 67.2 Å². The molecule has 0 bridgehead atoms. The largest absolute Gasteiger partial charge is 0.305 e. The van der Waals surface area contributed by atoms with Gasteiger partial charge in [-0.25, -0.2) is 0 Å². The van der Waals surface area contributed by atoms with Crippen molar-refractivity contribution in [1.82, 2.24) is 15.0 Å². The minimum absolute atomic E-state index is 0. The predicted molar refractivity (Wildman–Crippen MR) is 226 cm³/mol. The van der Waals surface area contributed by atoms with Gasteiger partial charge in [-0.1, -0.05) is 101 Å². The first kappa shape index (κ1) is 42.8. The summed E-state index contributed by atoms with van der Waals surface area (Å²) in [5.74, 6) is 0. The van der Waals surface area contributed by atoms with E-state index in [9.17, 15) is 0 Å². The van der Waals surface area contributed by atoms with Crippen LogP contribution in [0.5, 0.6) is 0 Å². The zero-order valence-corrected chi connectivity index (χ0v) is 38.8. The molecule has 0 spiro atoms. The van der Waals surface area contributed by atoms with Gasteiger partial charge in [-0.2, -0.15) is 0 Å². The summed E-state index contributed by atoms with van der Waals surface area (Å²) in [6.07, 6.45) is 5.70. The number of hydrogen-bond acceptors (Lipinski definition) is 3. The minimum Gasteiger partial charge on any atom is -0.305 e. The number of aromatic nitrogens is 3. The van der Waals surface area contributed by atoms with Crippen LogP contribution in [0.3, 0.4) is 0 Å². The standard InChI is InChI=1S/C51H49N3.2Ir/c1-32-34(3)48(49-43(16-13-27-54-49)37-19-23-39(24-20-37)46-31-41(26-29-53-46)51(8,9)10)35(4)33(2)47(32)44-15-12-11-14-42(44)36-17-21-38(22-18-36)45-30-40(25-28-52-45)50(5,6)7;;/h11-21,23,25-31H,1-10H3;;/q-2;;. The Balaban J connectivity index is 0.00000300. The summed E-state index contributed by atoms with van der Waals surface area (Å²) in [7, 11) is 0. The second-order valence-corrected chi connectivity index (χ2v) is 16.5. The molecule has 3 heterocycles. The molecule has 7 aromatic rings. The van der Waals surface area contributed by atoms with E-state index >= 15 is 0 Å². The maximum absolute atomic E-state index is 5.03. The molecule has 0 aliphatic heterocycles. The summed E-state index contributed by atoms with van der Waals surface area (Å²) < 4.78 is 0. The fourth-order valence-electron chi connectivity index (χ4n) is 7.45. The van der Waals surface area contributed by atoms with E-state index in [1.807, 2.05) is 24.7 Å². The van der Waals surface area contributed by atoms with Gasteiger partial charge in [-0.3, -0.25) is 4.98 Å². The van der Waals surface area contributed by atoms with E-state index in [1.54, 1.807) is 0 Å². The van der Waals surface area contributed by atoms with Crippen molar-refractivity contribution in [3.05, 3.63) is 161 Å². The Morgan fingerprint density at radius 1 is 0.446 bits per heavy atom. The molecule has 4 aromatic carbocycles. The van der Waals surface area contributed by atoms with Gasteiger partial charge >= 0.3 is 0 Å². The molecular formula is C51H49Ir2N3-2. The molecule has 0 amide bonds. The van der Waals surface area contributed by atoms with Gasteiger partial charge in [0, 0.05) is 64.4 Å². The van der Waals surface area contributed by atoms with Gasteiger partial charge in [0.2, 0.25) is 0 Å². The van der Waals surface area contributed by atoms with Crippen LogP contribution in [-0.4, -0.2) is 15.0 Å². The second kappa shape index (κ2) is 17.0. The molecule has 5 heteroatoms. The van der Waals surface area contributed by atoms with E-state index in [4.69, 9.17) is 4.98 Å². The fourth-order valence-corrected chi connectivity index (χ4v) is 7.45. The van der Waals surface area contributed by atoms with Crippen molar-refractivity contribution in [2.45, 2.75) is 80.1 Å². The van der Waals surface area contributed by atoms with Crippen LogP contribution in [0.1, 0.15) is 74.9 Å². The molecule has 56 heavy (non-hydrogen) atoms. The Bertz CT molecular complexity index is 2280. The number of nitrogens with zero attached hydrogens (tertiary/aromatic N) is 3. The second-order valence-electron chi connectivity index (χ2n) is 16.5. The number of pyridine rings is 3. The molecule has 0 aliphatic carbocycles. The molecular weight excluding hydrogens is 1040 g/mol. The monoisotopic (exact) mass is 1090 g/mol. The van der Waals surface area contributed by atoms with Crippen LogP contribution in [0.2, 0.25) is 0 Å². The average Bonchev–Trinajstić information content (AvgIpc) is 3.17. The van der Waals surface area contributed by atoms with Gasteiger partial charge in [0.1, 0.15) is 0 Å². The normalized spacial score (nSPS) is 11.5. The predicted octanol–water partition coefficient (Wildman–Crippen LogP) is 13.3. The van der Waals surface area contributed by atoms with Crippen molar-refractivity contribution in [2.24, 2.45) is 0 Å². The van der Waals surface area contributed by atoms with Gasteiger partial charge < -0.3 is 9.97 Å². The molecule has 3 aromatic heterocycles. The quantitative estimate of drug-likeness (QED) is 0.156. The average molecular weight is 1090 g/mol. The third-order valence-corrected chi connectivity index (χ3v) is 10.9. The first-order chi connectivity index (χ1) is 25.7. The molecule has 0 fully saturated rings. The molecule has 0 atom stereocenters. The summed E-state index contributed by atoms with van der Waals surface area (Å²) >= 11 is 0. The van der Waals surface area contributed by atoms with E-state index < -0.39 is 0 Å². The van der Waals surface area contributed by atoms with Gasteiger partial charge in [0.15, 0.2) is 0 Å². The zero-order valence-electron chi connectivity index (χ0n) is 34.0. The van der Waals surface area contributed by atoms with E-state index in [-0.39, 0.29) is 51.0 Å². The Morgan fingerprint density at radius 2 is 0.893 bits per heavy atom. The number of rotatable bonds is 6. The summed E-state index contributed by atoms with van der Waals surface area (Å²) in [6, 6.07) is 41.4. The van der Waals surface area contributed by atoms with Crippen molar-refractivity contribution in [1.29, 1.82) is 0 Å². The van der Waals surface area contributed by atoms with E-state index in [0.717, 1.165) is 44.9 Å². The van der Waals surface area contributed by atoms with Crippen LogP contribution in [0, 0.1) is 39.8 Å². The van der Waals surface area contributed by atoms with Crippen LogP contribution >= 0.6 is 0 Å². The van der Waals surface area contributed by atoms with Crippen molar-refractivity contribution in [3.63, 3.8) is 0 Å². The third kappa shape index (κ3) is 8.48. The minimum atomic E-state index is 0. The van der Waals surface area contributed by atoms with Crippen molar-refractivity contribution < 1.29 is 40.2 Å². The molecule has 0 N–H and O–H groups in total. The van der Waals surface area contributed by atoms with E-state index in [0.29, 0.717) is 0 Å². The van der Waals surface area contributed by atoms with Crippen LogP contribution < -0.4 is 0 Å². The Kier molecular flexibility index (Phi) is 13.0. The first-order valence-corrected chi connectivity index (χ1v) is 18.9. The molecule has 2 radical (unpaired) electrons. The summed E-state index contributed by atoms with van der Waals surface area (Å²) in [5, 5.41) is 0.